The van der Waals surface area contributed by atoms with Gasteiger partial charge in [-0.3, -0.25) is 14.5 Å². The summed E-state index contributed by atoms with van der Waals surface area (Å²) >= 11 is 13.5. The van der Waals surface area contributed by atoms with Gasteiger partial charge in [0.25, 0.3) is 11.8 Å². The summed E-state index contributed by atoms with van der Waals surface area (Å²) in [6, 6.07) is 8.60. The Morgan fingerprint density at radius 1 is 1.12 bits per heavy atom. The van der Waals surface area contributed by atoms with Gasteiger partial charge in [-0.05, 0) is 29.6 Å². The summed E-state index contributed by atoms with van der Waals surface area (Å²) < 4.78 is 0. The van der Waals surface area contributed by atoms with Crippen LogP contribution in [0.4, 0.5) is 0 Å². The molecule has 1 saturated heterocycles. The standard InChI is InChI=1S/C18H19Cl2N3O2S/c19-13-3-4-15(20)14(12-13)18(25)23-9-7-22(8-10-23)6-5-21-17(24)16-2-1-11-26-16/h1-4,11-12H,5-10H2,(H,21,24). The van der Waals surface area contributed by atoms with Crippen molar-refractivity contribution in [3.05, 3.63) is 56.2 Å². The monoisotopic (exact) mass is 411 g/mol. The van der Waals surface area contributed by atoms with Crippen molar-refractivity contribution in [2.24, 2.45) is 0 Å². The van der Waals surface area contributed by atoms with Gasteiger partial charge in [0.1, 0.15) is 0 Å². The number of nitrogens with one attached hydrogen (secondary N) is 1. The fourth-order valence-corrected chi connectivity index (χ4v) is 3.84. The number of carbonyl (C=O) groups is 2. The molecule has 1 aliphatic rings. The van der Waals surface area contributed by atoms with Gasteiger partial charge in [0.2, 0.25) is 0 Å². The van der Waals surface area contributed by atoms with Crippen LogP contribution in [0.2, 0.25) is 10.0 Å². The Hall–Kier alpha value is -1.60. The minimum Gasteiger partial charge on any atom is -0.350 e. The largest absolute Gasteiger partial charge is 0.350 e. The van der Waals surface area contributed by atoms with E-state index in [0.29, 0.717) is 35.2 Å². The Bertz CT molecular complexity index is 775. The van der Waals surface area contributed by atoms with E-state index in [1.54, 1.807) is 23.1 Å². The maximum absolute atomic E-state index is 12.6. The van der Waals surface area contributed by atoms with Gasteiger partial charge in [0.05, 0.1) is 15.5 Å². The molecular formula is C18H19Cl2N3O2S. The van der Waals surface area contributed by atoms with Crippen LogP contribution >= 0.6 is 34.5 Å². The summed E-state index contributed by atoms with van der Waals surface area (Å²) in [6.45, 7) is 4.13. The molecule has 0 saturated carbocycles. The number of halogens is 2. The Morgan fingerprint density at radius 3 is 2.58 bits per heavy atom. The number of carbonyl (C=O) groups excluding carboxylic acids is 2. The Kier molecular flexibility index (Phi) is 6.53. The van der Waals surface area contributed by atoms with E-state index in [9.17, 15) is 9.59 Å². The van der Waals surface area contributed by atoms with Crippen LogP contribution < -0.4 is 5.32 Å². The van der Waals surface area contributed by atoms with Crippen molar-refractivity contribution in [3.63, 3.8) is 0 Å². The molecule has 1 aromatic heterocycles. The quantitative estimate of drug-likeness (QED) is 0.821. The van der Waals surface area contributed by atoms with Crippen molar-refractivity contribution >= 4 is 46.4 Å². The second-order valence-electron chi connectivity index (χ2n) is 5.99. The molecule has 0 atom stereocenters. The third-order valence-corrected chi connectivity index (χ3v) is 5.71. The molecule has 8 heteroatoms. The fraction of sp³-hybridized carbons (Fsp3) is 0.333. The molecule has 2 amide bonds. The van der Waals surface area contributed by atoms with E-state index < -0.39 is 0 Å². The SMILES string of the molecule is O=C(NCCN1CCN(C(=O)c2cc(Cl)ccc2Cl)CC1)c1cccs1. The second-order valence-corrected chi connectivity index (χ2v) is 7.78. The van der Waals surface area contributed by atoms with Crippen LogP contribution in [0.15, 0.2) is 35.7 Å². The highest BCUT2D eigenvalue weighted by Gasteiger charge is 2.23. The van der Waals surface area contributed by atoms with E-state index in [1.165, 1.54) is 11.3 Å². The summed E-state index contributed by atoms with van der Waals surface area (Å²) in [7, 11) is 0. The third-order valence-electron chi connectivity index (χ3n) is 4.28. The molecule has 0 bridgehead atoms. The molecule has 2 aromatic rings. The van der Waals surface area contributed by atoms with Crippen LogP contribution in [-0.2, 0) is 0 Å². The van der Waals surface area contributed by atoms with Gasteiger partial charge in [-0.2, -0.15) is 0 Å². The fourth-order valence-electron chi connectivity index (χ4n) is 2.83. The summed E-state index contributed by atoms with van der Waals surface area (Å²) in [6.07, 6.45) is 0. The van der Waals surface area contributed by atoms with Gasteiger partial charge < -0.3 is 10.2 Å². The molecule has 2 heterocycles. The van der Waals surface area contributed by atoms with Gasteiger partial charge in [-0.1, -0.05) is 29.3 Å². The van der Waals surface area contributed by atoms with Crippen molar-refractivity contribution in [3.8, 4) is 0 Å². The molecule has 1 aromatic carbocycles. The van der Waals surface area contributed by atoms with E-state index in [0.717, 1.165) is 24.5 Å². The lowest BCUT2D eigenvalue weighted by Gasteiger charge is -2.34. The molecule has 0 unspecified atom stereocenters. The Labute approximate surface area is 166 Å². The van der Waals surface area contributed by atoms with Crippen molar-refractivity contribution in [2.45, 2.75) is 0 Å². The van der Waals surface area contributed by atoms with Crippen LogP contribution in [-0.4, -0.2) is 60.9 Å². The molecular weight excluding hydrogens is 393 g/mol. The normalized spacial score (nSPS) is 15.1. The number of nitrogens with zero attached hydrogens (tertiary/aromatic N) is 2. The molecule has 26 heavy (non-hydrogen) atoms. The number of amides is 2. The molecule has 0 aliphatic carbocycles. The van der Waals surface area contributed by atoms with E-state index in [1.807, 2.05) is 17.5 Å². The van der Waals surface area contributed by atoms with E-state index in [4.69, 9.17) is 23.2 Å². The number of benzene rings is 1. The highest BCUT2D eigenvalue weighted by Crippen LogP contribution is 2.22. The maximum atomic E-state index is 12.6. The van der Waals surface area contributed by atoms with Crippen LogP contribution in [0.3, 0.4) is 0 Å². The zero-order chi connectivity index (χ0) is 18.5. The molecule has 1 fully saturated rings. The first-order chi connectivity index (χ1) is 12.5. The summed E-state index contributed by atoms with van der Waals surface area (Å²) in [4.78, 5) is 29.3. The van der Waals surface area contributed by atoms with Crippen LogP contribution in [0, 0.1) is 0 Å². The van der Waals surface area contributed by atoms with Gasteiger partial charge in [0, 0.05) is 44.3 Å². The maximum Gasteiger partial charge on any atom is 0.261 e. The van der Waals surface area contributed by atoms with Crippen LogP contribution in [0.25, 0.3) is 0 Å². The third kappa shape index (κ3) is 4.76. The zero-order valence-electron chi connectivity index (χ0n) is 14.1. The molecule has 3 rings (SSSR count). The van der Waals surface area contributed by atoms with E-state index >= 15 is 0 Å². The van der Waals surface area contributed by atoms with E-state index in [-0.39, 0.29) is 11.8 Å². The molecule has 0 radical (unpaired) electrons. The van der Waals surface area contributed by atoms with Gasteiger partial charge in [-0.15, -0.1) is 11.3 Å². The molecule has 0 spiro atoms. The lowest BCUT2D eigenvalue weighted by molar-refractivity contribution is 0.0638. The van der Waals surface area contributed by atoms with Crippen LogP contribution in [0.1, 0.15) is 20.0 Å². The lowest BCUT2D eigenvalue weighted by Crippen LogP contribution is -2.50. The summed E-state index contributed by atoms with van der Waals surface area (Å²) in [5, 5.41) is 5.72. The van der Waals surface area contributed by atoms with Crippen molar-refractivity contribution in [1.82, 2.24) is 15.1 Å². The minimum atomic E-state index is -0.0943. The van der Waals surface area contributed by atoms with Crippen LogP contribution in [0.5, 0.6) is 0 Å². The molecule has 5 nitrogen and oxygen atoms in total. The average molecular weight is 412 g/mol. The zero-order valence-corrected chi connectivity index (χ0v) is 16.4. The first-order valence-corrected chi connectivity index (χ1v) is 9.96. The average Bonchev–Trinajstić information content (AvgIpc) is 3.18. The molecule has 138 valence electrons. The highest BCUT2D eigenvalue weighted by molar-refractivity contribution is 7.12. The summed E-state index contributed by atoms with van der Waals surface area (Å²) in [5.41, 5.74) is 0.441. The minimum absolute atomic E-state index is 0.0376. The number of thiophene rings is 1. The van der Waals surface area contributed by atoms with Gasteiger partial charge in [-0.25, -0.2) is 0 Å². The summed E-state index contributed by atoms with van der Waals surface area (Å²) in [5.74, 6) is -0.132. The topological polar surface area (TPSA) is 52.7 Å². The van der Waals surface area contributed by atoms with Gasteiger partial charge in [0.15, 0.2) is 0 Å². The van der Waals surface area contributed by atoms with E-state index in [2.05, 4.69) is 10.2 Å². The number of hydrogen-bond acceptors (Lipinski definition) is 4. The molecule has 1 aliphatic heterocycles. The lowest BCUT2D eigenvalue weighted by atomic mass is 10.1. The molecule has 1 N–H and O–H groups in total. The predicted molar refractivity (Wildman–Crippen MR) is 105 cm³/mol. The number of hydrogen-bond donors (Lipinski definition) is 1. The number of rotatable bonds is 5. The highest BCUT2D eigenvalue weighted by atomic mass is 35.5. The predicted octanol–water partition coefficient (Wildman–Crippen LogP) is 3.24. The smallest absolute Gasteiger partial charge is 0.261 e. The first-order valence-electron chi connectivity index (χ1n) is 8.33. The Balaban J connectivity index is 1.44. The Morgan fingerprint density at radius 2 is 1.88 bits per heavy atom. The second kappa shape index (κ2) is 8.86. The first kappa shape index (κ1) is 19.2. The van der Waals surface area contributed by atoms with Crippen molar-refractivity contribution < 1.29 is 9.59 Å². The van der Waals surface area contributed by atoms with Gasteiger partial charge >= 0.3 is 0 Å². The number of piperazine rings is 1. The van der Waals surface area contributed by atoms with Crippen molar-refractivity contribution in [2.75, 3.05) is 39.3 Å². The van der Waals surface area contributed by atoms with Crippen molar-refractivity contribution in [1.29, 1.82) is 0 Å².